The van der Waals surface area contributed by atoms with Gasteiger partial charge >= 0.3 is 0 Å². The molecule has 114 valence electrons. The molecule has 0 aliphatic carbocycles. The standard InChI is InChI=1S/C14H12N8S/c1-21-11(9-3-5-15-6-4-9)19-20-14(21)23-13-10-7-18-22(2)12(10)16-8-17-13/h3-8H,1-2H3. The molecule has 0 atom stereocenters. The molecule has 0 saturated heterocycles. The lowest BCUT2D eigenvalue weighted by Crippen LogP contribution is -1.96. The van der Waals surface area contributed by atoms with E-state index in [-0.39, 0.29) is 0 Å². The molecule has 4 rings (SSSR count). The zero-order valence-electron chi connectivity index (χ0n) is 12.5. The summed E-state index contributed by atoms with van der Waals surface area (Å²) in [7, 11) is 3.79. The molecular formula is C14H12N8S. The van der Waals surface area contributed by atoms with E-state index in [9.17, 15) is 0 Å². The van der Waals surface area contributed by atoms with Gasteiger partial charge in [-0.25, -0.2) is 9.97 Å². The lowest BCUT2D eigenvalue weighted by Gasteiger charge is -2.03. The first-order valence-electron chi connectivity index (χ1n) is 6.84. The first-order chi connectivity index (χ1) is 11.2. The molecule has 8 nitrogen and oxygen atoms in total. The van der Waals surface area contributed by atoms with Crippen LogP contribution >= 0.6 is 11.8 Å². The van der Waals surface area contributed by atoms with Crippen LogP contribution in [0.3, 0.4) is 0 Å². The largest absolute Gasteiger partial charge is 0.305 e. The topological polar surface area (TPSA) is 87.2 Å². The first-order valence-corrected chi connectivity index (χ1v) is 7.66. The fourth-order valence-electron chi connectivity index (χ4n) is 2.26. The van der Waals surface area contributed by atoms with Crippen LogP contribution in [0.4, 0.5) is 0 Å². The number of aromatic nitrogens is 8. The fraction of sp³-hybridized carbons (Fsp3) is 0.143. The van der Waals surface area contributed by atoms with E-state index in [1.165, 1.54) is 18.1 Å². The Hall–Kier alpha value is -2.81. The summed E-state index contributed by atoms with van der Waals surface area (Å²) >= 11 is 1.44. The number of rotatable bonds is 3. The fourth-order valence-corrected chi connectivity index (χ4v) is 3.10. The highest BCUT2D eigenvalue weighted by molar-refractivity contribution is 7.99. The van der Waals surface area contributed by atoms with Crippen LogP contribution in [0.25, 0.3) is 22.4 Å². The average Bonchev–Trinajstić information content (AvgIpc) is 3.13. The van der Waals surface area contributed by atoms with Gasteiger partial charge in [-0.05, 0) is 23.9 Å². The molecule has 9 heteroatoms. The number of fused-ring (bicyclic) bond motifs is 1. The van der Waals surface area contributed by atoms with Crippen molar-refractivity contribution in [3.63, 3.8) is 0 Å². The van der Waals surface area contributed by atoms with Gasteiger partial charge in [0.15, 0.2) is 16.6 Å². The van der Waals surface area contributed by atoms with E-state index in [0.717, 1.165) is 32.6 Å². The van der Waals surface area contributed by atoms with Crippen molar-refractivity contribution < 1.29 is 0 Å². The normalized spacial score (nSPS) is 11.2. The summed E-state index contributed by atoms with van der Waals surface area (Å²) in [5.41, 5.74) is 1.76. The lowest BCUT2D eigenvalue weighted by molar-refractivity contribution is 0.784. The molecule has 4 heterocycles. The summed E-state index contributed by atoms with van der Waals surface area (Å²) in [6, 6.07) is 3.81. The monoisotopic (exact) mass is 324 g/mol. The predicted molar refractivity (Wildman–Crippen MR) is 84.7 cm³/mol. The van der Waals surface area contributed by atoms with Crippen LogP contribution in [0, 0.1) is 0 Å². The van der Waals surface area contributed by atoms with Crippen molar-refractivity contribution in [3.8, 4) is 11.4 Å². The molecule has 0 saturated carbocycles. The number of hydrogen-bond donors (Lipinski definition) is 0. The Balaban J connectivity index is 1.73. The Kier molecular flexibility index (Phi) is 3.27. The Bertz CT molecular complexity index is 975. The zero-order valence-corrected chi connectivity index (χ0v) is 13.3. The minimum atomic E-state index is 0.751. The van der Waals surface area contributed by atoms with Gasteiger partial charge in [-0.15, -0.1) is 10.2 Å². The van der Waals surface area contributed by atoms with Gasteiger partial charge in [-0.1, -0.05) is 0 Å². The van der Waals surface area contributed by atoms with Crippen LogP contribution in [-0.2, 0) is 14.1 Å². The van der Waals surface area contributed by atoms with Gasteiger partial charge in [0.1, 0.15) is 11.4 Å². The van der Waals surface area contributed by atoms with E-state index in [1.54, 1.807) is 23.3 Å². The van der Waals surface area contributed by atoms with Crippen molar-refractivity contribution in [1.29, 1.82) is 0 Å². The van der Waals surface area contributed by atoms with Crippen LogP contribution in [-0.4, -0.2) is 39.5 Å². The molecule has 0 N–H and O–H groups in total. The highest BCUT2D eigenvalue weighted by Crippen LogP contribution is 2.31. The van der Waals surface area contributed by atoms with Gasteiger partial charge in [0, 0.05) is 32.1 Å². The van der Waals surface area contributed by atoms with Crippen LogP contribution in [0.2, 0.25) is 0 Å². The Morgan fingerprint density at radius 2 is 1.87 bits per heavy atom. The molecule has 0 amide bonds. The maximum absolute atomic E-state index is 4.35. The molecule has 0 unspecified atom stereocenters. The maximum atomic E-state index is 4.35. The minimum Gasteiger partial charge on any atom is -0.305 e. The van der Waals surface area contributed by atoms with Crippen molar-refractivity contribution in [1.82, 2.24) is 39.5 Å². The highest BCUT2D eigenvalue weighted by Gasteiger charge is 2.15. The molecule has 0 radical (unpaired) electrons. The predicted octanol–water partition coefficient (Wildman–Crippen LogP) is 1.70. The van der Waals surface area contributed by atoms with Crippen LogP contribution in [0.15, 0.2) is 47.2 Å². The molecule has 0 bridgehead atoms. The van der Waals surface area contributed by atoms with Crippen molar-refractivity contribution in [2.75, 3.05) is 0 Å². The third kappa shape index (κ3) is 2.34. The molecule has 4 aromatic heterocycles. The Morgan fingerprint density at radius 1 is 1.04 bits per heavy atom. The summed E-state index contributed by atoms with van der Waals surface area (Å²) in [6.45, 7) is 0. The van der Waals surface area contributed by atoms with E-state index >= 15 is 0 Å². The summed E-state index contributed by atoms with van der Waals surface area (Å²) in [5, 5.41) is 15.2. The van der Waals surface area contributed by atoms with Gasteiger partial charge < -0.3 is 4.57 Å². The SMILES string of the molecule is Cn1c(Sc2ncnc3c2cnn3C)nnc1-c1ccncc1. The van der Waals surface area contributed by atoms with Gasteiger partial charge in [0.05, 0.1) is 11.6 Å². The van der Waals surface area contributed by atoms with Crippen molar-refractivity contribution in [2.24, 2.45) is 14.1 Å². The summed E-state index contributed by atoms with van der Waals surface area (Å²) < 4.78 is 3.66. The van der Waals surface area contributed by atoms with E-state index in [0.29, 0.717) is 0 Å². The molecular weight excluding hydrogens is 312 g/mol. The Labute approximate surface area is 135 Å². The zero-order chi connectivity index (χ0) is 15.8. The van der Waals surface area contributed by atoms with Crippen molar-refractivity contribution >= 4 is 22.8 Å². The van der Waals surface area contributed by atoms with Gasteiger partial charge in [0.2, 0.25) is 0 Å². The molecule has 0 aliphatic rings. The molecule has 4 aromatic rings. The quantitative estimate of drug-likeness (QED) is 0.530. The molecule has 0 aliphatic heterocycles. The number of aryl methyl sites for hydroxylation is 1. The third-order valence-corrected chi connectivity index (χ3v) is 4.51. The second-order valence-electron chi connectivity index (χ2n) is 4.89. The van der Waals surface area contributed by atoms with E-state index in [4.69, 9.17) is 0 Å². The Morgan fingerprint density at radius 3 is 2.70 bits per heavy atom. The van der Waals surface area contributed by atoms with Crippen LogP contribution < -0.4 is 0 Å². The number of hydrogen-bond acceptors (Lipinski definition) is 7. The van der Waals surface area contributed by atoms with Crippen LogP contribution in [0.1, 0.15) is 0 Å². The smallest absolute Gasteiger partial charge is 0.197 e. The second kappa shape index (κ2) is 5.43. The number of pyridine rings is 1. The molecule has 0 aromatic carbocycles. The van der Waals surface area contributed by atoms with Crippen molar-refractivity contribution in [2.45, 2.75) is 10.2 Å². The molecule has 0 fully saturated rings. The molecule has 0 spiro atoms. The lowest BCUT2D eigenvalue weighted by atomic mass is 10.2. The third-order valence-electron chi connectivity index (χ3n) is 3.45. The van der Waals surface area contributed by atoms with Gasteiger partial charge in [-0.2, -0.15) is 5.10 Å². The summed E-state index contributed by atoms with van der Waals surface area (Å²) in [4.78, 5) is 12.6. The minimum absolute atomic E-state index is 0.751. The van der Waals surface area contributed by atoms with E-state index in [1.807, 2.05) is 30.8 Å². The second-order valence-corrected chi connectivity index (χ2v) is 5.84. The highest BCUT2D eigenvalue weighted by atomic mass is 32.2. The molecule has 23 heavy (non-hydrogen) atoms. The maximum Gasteiger partial charge on any atom is 0.197 e. The van der Waals surface area contributed by atoms with E-state index in [2.05, 4.69) is 30.2 Å². The average molecular weight is 324 g/mol. The van der Waals surface area contributed by atoms with Gasteiger partial charge in [0.25, 0.3) is 0 Å². The van der Waals surface area contributed by atoms with Gasteiger partial charge in [-0.3, -0.25) is 9.67 Å². The first kappa shape index (κ1) is 13.8. The summed E-state index contributed by atoms with van der Waals surface area (Å²) in [5.74, 6) is 0.784. The van der Waals surface area contributed by atoms with Crippen molar-refractivity contribution in [3.05, 3.63) is 37.1 Å². The van der Waals surface area contributed by atoms with E-state index < -0.39 is 0 Å². The van der Waals surface area contributed by atoms with Crippen LogP contribution in [0.5, 0.6) is 0 Å². The number of nitrogens with zero attached hydrogens (tertiary/aromatic N) is 8. The summed E-state index contributed by atoms with van der Waals surface area (Å²) in [6.07, 6.45) is 6.77.